The standard InChI is InChI=1S/C14H15BrO3/c1-10(2)7-8-18-12-4-5-13(15)11(9-12)3-6-14(16)17/h3-6,9H,1,7-8H2,2H3,(H,16,17)/b6-3+. The van der Waals surface area contributed by atoms with Gasteiger partial charge in [0.05, 0.1) is 6.61 Å². The van der Waals surface area contributed by atoms with E-state index in [1.165, 1.54) is 6.08 Å². The van der Waals surface area contributed by atoms with Crippen LogP contribution in [-0.2, 0) is 4.79 Å². The summed E-state index contributed by atoms with van der Waals surface area (Å²) in [7, 11) is 0. The first-order valence-corrected chi connectivity index (χ1v) is 6.26. The highest BCUT2D eigenvalue weighted by Gasteiger charge is 2.01. The summed E-state index contributed by atoms with van der Waals surface area (Å²) in [5.74, 6) is -0.264. The molecule has 0 amide bonds. The van der Waals surface area contributed by atoms with Crippen molar-refractivity contribution in [3.63, 3.8) is 0 Å². The van der Waals surface area contributed by atoms with E-state index >= 15 is 0 Å². The molecule has 0 aromatic heterocycles. The zero-order valence-electron chi connectivity index (χ0n) is 10.1. The quantitative estimate of drug-likeness (QED) is 0.640. The van der Waals surface area contributed by atoms with Crippen LogP contribution in [0, 0.1) is 0 Å². The maximum absolute atomic E-state index is 10.5. The third-order valence-electron chi connectivity index (χ3n) is 2.17. The smallest absolute Gasteiger partial charge is 0.328 e. The Balaban J connectivity index is 2.74. The highest BCUT2D eigenvalue weighted by molar-refractivity contribution is 9.10. The normalized spacial score (nSPS) is 10.6. The monoisotopic (exact) mass is 310 g/mol. The summed E-state index contributed by atoms with van der Waals surface area (Å²) in [6.07, 6.45) is 3.42. The second-order valence-corrected chi connectivity index (χ2v) is 4.76. The maximum Gasteiger partial charge on any atom is 0.328 e. The van der Waals surface area contributed by atoms with Gasteiger partial charge >= 0.3 is 5.97 Å². The van der Waals surface area contributed by atoms with Crippen LogP contribution in [0.4, 0.5) is 0 Å². The molecule has 0 saturated carbocycles. The highest BCUT2D eigenvalue weighted by atomic mass is 79.9. The van der Waals surface area contributed by atoms with Gasteiger partial charge in [-0.2, -0.15) is 0 Å². The fourth-order valence-corrected chi connectivity index (χ4v) is 1.62. The van der Waals surface area contributed by atoms with Gasteiger partial charge in [0.1, 0.15) is 5.75 Å². The number of carboxylic acid groups (broad SMARTS) is 1. The molecule has 0 saturated heterocycles. The Morgan fingerprint density at radius 2 is 2.28 bits per heavy atom. The van der Waals surface area contributed by atoms with Crippen molar-refractivity contribution in [2.45, 2.75) is 13.3 Å². The zero-order valence-corrected chi connectivity index (χ0v) is 11.7. The molecule has 0 radical (unpaired) electrons. The first kappa shape index (κ1) is 14.5. The number of carbonyl (C=O) groups is 1. The van der Waals surface area contributed by atoms with Crippen LogP contribution >= 0.6 is 15.9 Å². The molecule has 0 atom stereocenters. The molecular formula is C14H15BrO3. The predicted molar refractivity (Wildman–Crippen MR) is 75.7 cm³/mol. The Labute approximate surface area is 115 Å². The van der Waals surface area contributed by atoms with Crippen molar-refractivity contribution >= 4 is 28.0 Å². The maximum atomic E-state index is 10.5. The fraction of sp³-hybridized carbons (Fsp3) is 0.214. The van der Waals surface area contributed by atoms with Crippen molar-refractivity contribution in [2.75, 3.05) is 6.61 Å². The third-order valence-corrected chi connectivity index (χ3v) is 2.89. The lowest BCUT2D eigenvalue weighted by molar-refractivity contribution is -0.131. The Bertz CT molecular complexity index is 478. The molecule has 1 N–H and O–H groups in total. The van der Waals surface area contributed by atoms with Crippen LogP contribution in [0.15, 0.2) is 40.9 Å². The van der Waals surface area contributed by atoms with E-state index in [4.69, 9.17) is 9.84 Å². The van der Waals surface area contributed by atoms with E-state index < -0.39 is 5.97 Å². The summed E-state index contributed by atoms with van der Waals surface area (Å²) in [5.41, 5.74) is 1.84. The second kappa shape index (κ2) is 7.01. The SMILES string of the molecule is C=C(C)CCOc1ccc(Br)c(/C=C/C(=O)O)c1. The van der Waals surface area contributed by atoms with Crippen LogP contribution in [0.3, 0.4) is 0 Å². The molecule has 0 fully saturated rings. The lowest BCUT2D eigenvalue weighted by Crippen LogP contribution is -1.97. The second-order valence-electron chi connectivity index (χ2n) is 3.91. The Morgan fingerprint density at radius 3 is 2.89 bits per heavy atom. The summed E-state index contributed by atoms with van der Waals surface area (Å²) >= 11 is 3.36. The summed E-state index contributed by atoms with van der Waals surface area (Å²) < 4.78 is 6.38. The van der Waals surface area contributed by atoms with Gasteiger partial charge in [0, 0.05) is 17.0 Å². The van der Waals surface area contributed by atoms with Gasteiger partial charge in [-0.1, -0.05) is 21.5 Å². The van der Waals surface area contributed by atoms with Crippen molar-refractivity contribution in [3.8, 4) is 5.75 Å². The van der Waals surface area contributed by atoms with Gasteiger partial charge in [0.2, 0.25) is 0 Å². The van der Waals surface area contributed by atoms with Gasteiger partial charge in [0.25, 0.3) is 0 Å². The average molecular weight is 311 g/mol. The van der Waals surface area contributed by atoms with E-state index in [1.807, 2.05) is 19.1 Å². The number of carboxylic acids is 1. The van der Waals surface area contributed by atoms with E-state index in [9.17, 15) is 4.79 Å². The van der Waals surface area contributed by atoms with Crippen molar-refractivity contribution in [3.05, 3.63) is 46.5 Å². The Hall–Kier alpha value is -1.55. The number of hydrogen-bond donors (Lipinski definition) is 1. The Kier molecular flexibility index (Phi) is 5.65. The van der Waals surface area contributed by atoms with Gasteiger partial charge in [-0.3, -0.25) is 0 Å². The minimum Gasteiger partial charge on any atom is -0.493 e. The number of rotatable bonds is 6. The number of benzene rings is 1. The van der Waals surface area contributed by atoms with Crippen molar-refractivity contribution in [1.82, 2.24) is 0 Å². The van der Waals surface area contributed by atoms with Crippen LogP contribution in [0.2, 0.25) is 0 Å². The molecule has 0 bridgehead atoms. The molecular weight excluding hydrogens is 296 g/mol. The zero-order chi connectivity index (χ0) is 13.5. The van der Waals surface area contributed by atoms with Crippen LogP contribution in [-0.4, -0.2) is 17.7 Å². The molecule has 1 aromatic rings. The lowest BCUT2D eigenvalue weighted by Gasteiger charge is -2.07. The van der Waals surface area contributed by atoms with E-state index in [0.717, 1.165) is 28.1 Å². The van der Waals surface area contributed by atoms with E-state index in [2.05, 4.69) is 22.5 Å². The van der Waals surface area contributed by atoms with Crippen LogP contribution in [0.5, 0.6) is 5.75 Å². The molecule has 96 valence electrons. The summed E-state index contributed by atoms with van der Waals surface area (Å²) in [5, 5.41) is 8.59. The molecule has 0 aliphatic rings. The number of hydrogen-bond acceptors (Lipinski definition) is 2. The van der Waals surface area contributed by atoms with Gasteiger partial charge in [-0.15, -0.1) is 6.58 Å². The molecule has 0 spiro atoms. The van der Waals surface area contributed by atoms with Crippen molar-refractivity contribution in [1.29, 1.82) is 0 Å². The topological polar surface area (TPSA) is 46.5 Å². The first-order chi connectivity index (χ1) is 8.49. The van der Waals surface area contributed by atoms with E-state index in [1.54, 1.807) is 6.07 Å². The minimum atomic E-state index is -0.976. The molecule has 4 heteroatoms. The highest BCUT2D eigenvalue weighted by Crippen LogP contribution is 2.24. The van der Waals surface area contributed by atoms with Gasteiger partial charge in [-0.25, -0.2) is 4.79 Å². The number of halogens is 1. The first-order valence-electron chi connectivity index (χ1n) is 5.47. The van der Waals surface area contributed by atoms with Gasteiger partial charge < -0.3 is 9.84 Å². The summed E-state index contributed by atoms with van der Waals surface area (Å²) in [6.45, 7) is 6.32. The molecule has 3 nitrogen and oxygen atoms in total. The molecule has 0 aliphatic carbocycles. The van der Waals surface area contributed by atoms with Crippen LogP contribution < -0.4 is 4.74 Å². The van der Waals surface area contributed by atoms with Gasteiger partial charge in [-0.05, 0) is 36.8 Å². The number of ether oxygens (including phenoxy) is 1. The molecule has 0 unspecified atom stereocenters. The average Bonchev–Trinajstić information content (AvgIpc) is 2.29. The van der Waals surface area contributed by atoms with E-state index in [0.29, 0.717) is 12.4 Å². The number of aliphatic carboxylic acids is 1. The fourth-order valence-electron chi connectivity index (χ4n) is 1.24. The van der Waals surface area contributed by atoms with Crippen molar-refractivity contribution in [2.24, 2.45) is 0 Å². The third kappa shape index (κ3) is 5.19. The van der Waals surface area contributed by atoms with Crippen molar-refractivity contribution < 1.29 is 14.6 Å². The van der Waals surface area contributed by atoms with E-state index in [-0.39, 0.29) is 0 Å². The molecule has 0 aliphatic heterocycles. The molecule has 1 rings (SSSR count). The molecule has 18 heavy (non-hydrogen) atoms. The summed E-state index contributed by atoms with van der Waals surface area (Å²) in [4.78, 5) is 10.5. The largest absolute Gasteiger partial charge is 0.493 e. The van der Waals surface area contributed by atoms with Crippen LogP contribution in [0.25, 0.3) is 6.08 Å². The summed E-state index contributed by atoms with van der Waals surface area (Å²) in [6, 6.07) is 5.46. The lowest BCUT2D eigenvalue weighted by atomic mass is 10.2. The minimum absolute atomic E-state index is 0.569. The van der Waals surface area contributed by atoms with Gasteiger partial charge in [0.15, 0.2) is 0 Å². The van der Waals surface area contributed by atoms with Crippen LogP contribution in [0.1, 0.15) is 18.9 Å². The Morgan fingerprint density at radius 1 is 1.56 bits per heavy atom. The predicted octanol–water partition coefficient (Wildman–Crippen LogP) is 3.89. The molecule has 1 aromatic carbocycles. The molecule has 0 heterocycles.